The quantitative estimate of drug-likeness (QED) is 0.231. The van der Waals surface area contributed by atoms with Crippen LogP contribution in [-0.4, -0.2) is 72.7 Å². The summed E-state index contributed by atoms with van der Waals surface area (Å²) < 4.78 is 5.28. The number of carbonyl (C=O) groups is 2. The van der Waals surface area contributed by atoms with Crippen LogP contribution in [0.3, 0.4) is 0 Å². The minimum atomic E-state index is -1.34. The highest BCUT2D eigenvalue weighted by Gasteiger charge is 2.27. The van der Waals surface area contributed by atoms with Crippen LogP contribution in [0, 0.1) is 0 Å². The van der Waals surface area contributed by atoms with E-state index in [0.29, 0.717) is 0 Å². The van der Waals surface area contributed by atoms with Crippen molar-refractivity contribution >= 4 is 19.7 Å². The molecule has 0 aromatic rings. The molecule has 0 aliphatic carbocycles. The van der Waals surface area contributed by atoms with E-state index >= 15 is 0 Å². The number of hydrogen-bond acceptors (Lipinski definition) is 6. The summed E-state index contributed by atoms with van der Waals surface area (Å²) in [5, 5.41) is 32.9. The third kappa shape index (κ3) is 7.44. The molecule has 20 heavy (non-hydrogen) atoms. The van der Waals surface area contributed by atoms with Gasteiger partial charge in [-0.3, -0.25) is 9.59 Å². The highest BCUT2D eigenvalue weighted by Crippen LogP contribution is 2.06. The first-order chi connectivity index (χ1) is 9.31. The van der Waals surface area contributed by atoms with E-state index in [2.05, 4.69) is 10.6 Å². The molecule has 0 aromatic carbocycles. The minimum Gasteiger partial charge on any atom is -0.394 e. The minimum absolute atomic E-state index is 0.0654. The third-order valence-electron chi connectivity index (χ3n) is 2.44. The van der Waals surface area contributed by atoms with Crippen LogP contribution in [-0.2, 0) is 14.3 Å². The van der Waals surface area contributed by atoms with Crippen LogP contribution >= 0.6 is 0 Å². The first-order valence-corrected chi connectivity index (χ1v) is 6.18. The lowest BCUT2D eigenvalue weighted by molar-refractivity contribution is -0.145. The van der Waals surface area contributed by atoms with Crippen molar-refractivity contribution in [1.82, 2.24) is 10.6 Å². The van der Waals surface area contributed by atoms with Crippen molar-refractivity contribution in [2.75, 3.05) is 13.2 Å². The molecule has 5 N–H and O–H groups in total. The second kappa shape index (κ2) is 9.70. The first kappa shape index (κ1) is 18.8. The molecule has 0 aliphatic rings. The highest BCUT2D eigenvalue weighted by atomic mass is 16.5. The number of ether oxygens (including phenoxy) is 1. The molecule has 0 fully saturated rings. The van der Waals surface area contributed by atoms with Crippen molar-refractivity contribution < 1.29 is 29.6 Å². The van der Waals surface area contributed by atoms with Gasteiger partial charge in [0.05, 0.1) is 27.1 Å². The lowest BCUT2D eigenvalue weighted by Crippen LogP contribution is -2.50. The number of nitrogens with one attached hydrogen (secondary N) is 2. The van der Waals surface area contributed by atoms with Crippen molar-refractivity contribution in [3.05, 3.63) is 0 Å². The van der Waals surface area contributed by atoms with E-state index in [1.54, 1.807) is 0 Å². The first-order valence-electron chi connectivity index (χ1n) is 6.18. The van der Waals surface area contributed by atoms with Crippen LogP contribution < -0.4 is 10.6 Å². The molecular weight excluding hydrogens is 267 g/mol. The fourth-order valence-corrected chi connectivity index (χ4v) is 1.36. The molecule has 0 heterocycles. The van der Waals surface area contributed by atoms with Gasteiger partial charge in [-0.25, -0.2) is 0 Å². The van der Waals surface area contributed by atoms with Crippen LogP contribution in [0.15, 0.2) is 0 Å². The largest absolute Gasteiger partial charge is 0.394 e. The summed E-state index contributed by atoms with van der Waals surface area (Å²) in [6.45, 7) is 1.99. The van der Waals surface area contributed by atoms with Crippen molar-refractivity contribution in [3.63, 3.8) is 0 Å². The summed E-state index contributed by atoms with van der Waals surface area (Å²) in [5.41, 5.74) is 0. The van der Waals surface area contributed by atoms with Crippen molar-refractivity contribution in [3.8, 4) is 0 Å². The monoisotopic (exact) mass is 288 g/mol. The van der Waals surface area contributed by atoms with Crippen molar-refractivity contribution in [1.29, 1.82) is 0 Å². The second-order valence-electron chi connectivity index (χ2n) is 4.29. The predicted molar refractivity (Wildman–Crippen MR) is 70.8 cm³/mol. The Morgan fingerprint density at radius 2 is 1.95 bits per heavy atom. The van der Waals surface area contributed by atoms with E-state index in [1.807, 2.05) is 0 Å². The summed E-state index contributed by atoms with van der Waals surface area (Å²) in [5.74, 6) is -0.860. The van der Waals surface area contributed by atoms with Crippen LogP contribution in [0.25, 0.3) is 0 Å². The zero-order chi connectivity index (χ0) is 15.7. The third-order valence-corrected chi connectivity index (χ3v) is 2.44. The van der Waals surface area contributed by atoms with Crippen LogP contribution in [0.5, 0.6) is 0 Å². The average Bonchev–Trinajstić information content (AvgIpc) is 2.40. The van der Waals surface area contributed by atoms with Crippen molar-refractivity contribution in [2.24, 2.45) is 0 Å². The molecule has 0 aliphatic heterocycles. The fourth-order valence-electron chi connectivity index (χ4n) is 1.36. The van der Waals surface area contributed by atoms with Gasteiger partial charge in [-0.1, -0.05) is 0 Å². The summed E-state index contributed by atoms with van der Waals surface area (Å²) in [4.78, 5) is 22.1. The summed E-state index contributed by atoms with van der Waals surface area (Å²) in [6.07, 6.45) is -4.84. The van der Waals surface area contributed by atoms with Gasteiger partial charge in [0, 0.05) is 6.92 Å². The van der Waals surface area contributed by atoms with Crippen LogP contribution in [0.4, 0.5) is 0 Å². The lowest BCUT2D eigenvalue weighted by atomic mass is 10.1. The van der Waals surface area contributed by atoms with Crippen LogP contribution in [0.1, 0.15) is 13.8 Å². The molecule has 2 amide bonds. The Bertz CT molecular complexity index is 315. The van der Waals surface area contributed by atoms with E-state index in [0.717, 1.165) is 0 Å². The zero-order valence-corrected chi connectivity index (χ0v) is 11.6. The van der Waals surface area contributed by atoms with E-state index in [4.69, 9.17) is 17.7 Å². The number of hydrogen-bond donors (Lipinski definition) is 5. The van der Waals surface area contributed by atoms with Gasteiger partial charge in [-0.05, 0) is 13.2 Å². The maximum Gasteiger partial charge on any atom is 0.217 e. The van der Waals surface area contributed by atoms with Crippen molar-refractivity contribution in [2.45, 2.75) is 44.7 Å². The molecule has 4 unspecified atom stereocenters. The van der Waals surface area contributed by atoms with E-state index < -0.39 is 37.1 Å². The Labute approximate surface area is 118 Å². The molecule has 0 aromatic heterocycles. The Kier molecular flexibility index (Phi) is 9.14. The Morgan fingerprint density at radius 1 is 1.35 bits per heavy atom. The van der Waals surface area contributed by atoms with Gasteiger partial charge < -0.3 is 30.7 Å². The number of carbonyl (C=O) groups excluding carboxylic acids is 2. The molecule has 2 radical (unpaired) electrons. The maximum absolute atomic E-state index is 11.2. The Morgan fingerprint density at radius 3 is 2.35 bits per heavy atom. The van der Waals surface area contributed by atoms with Crippen LogP contribution in [0.2, 0.25) is 6.32 Å². The van der Waals surface area contributed by atoms with Gasteiger partial charge in [0.1, 0.15) is 18.4 Å². The second-order valence-corrected chi connectivity index (χ2v) is 4.29. The lowest BCUT2D eigenvalue weighted by Gasteiger charge is -2.28. The van der Waals surface area contributed by atoms with Gasteiger partial charge in [0.25, 0.3) is 0 Å². The molecule has 0 saturated carbocycles. The molecule has 9 heteroatoms. The fraction of sp³-hybridized carbons (Fsp3) is 0.818. The number of amides is 2. The normalized spacial score (nSPS) is 16.9. The summed E-state index contributed by atoms with van der Waals surface area (Å²) >= 11 is 0. The van der Waals surface area contributed by atoms with Gasteiger partial charge in [-0.2, -0.15) is 0 Å². The van der Waals surface area contributed by atoms with Gasteiger partial charge in [0.15, 0.2) is 0 Å². The van der Waals surface area contributed by atoms with E-state index in [-0.39, 0.29) is 18.8 Å². The van der Waals surface area contributed by atoms with Gasteiger partial charge in [0.2, 0.25) is 11.8 Å². The summed E-state index contributed by atoms with van der Waals surface area (Å²) in [7, 11) is 5.15. The molecule has 4 atom stereocenters. The molecule has 0 bridgehead atoms. The van der Waals surface area contributed by atoms with Gasteiger partial charge >= 0.3 is 0 Å². The topological polar surface area (TPSA) is 128 Å². The molecular formula is C11H21BN2O6. The standard InChI is InChI=1S/C11H21BN2O6/c1-6(16)11(19)8(5-15)20-10(4-13-7(2)17)14-9(18)3-12/h6,8,10-11,15-16,19H,3-5H2,1-2H3,(H,13,17)(H,14,18). The maximum atomic E-state index is 11.2. The number of aliphatic hydroxyl groups excluding tert-OH is 3. The Balaban J connectivity index is 4.65. The SMILES string of the molecule is [B]CC(=O)NC(CNC(C)=O)OC(CO)C(O)C(C)O. The smallest absolute Gasteiger partial charge is 0.217 e. The Hall–Kier alpha value is -1.16. The number of rotatable bonds is 9. The van der Waals surface area contributed by atoms with E-state index in [9.17, 15) is 19.8 Å². The number of aliphatic hydroxyl groups is 3. The highest BCUT2D eigenvalue weighted by molar-refractivity contribution is 6.19. The zero-order valence-electron chi connectivity index (χ0n) is 11.6. The predicted octanol–water partition coefficient (Wildman–Crippen LogP) is -2.73. The molecule has 0 saturated heterocycles. The molecule has 0 rings (SSSR count). The van der Waals surface area contributed by atoms with E-state index in [1.165, 1.54) is 13.8 Å². The molecule has 8 nitrogen and oxygen atoms in total. The average molecular weight is 288 g/mol. The summed E-state index contributed by atoms with van der Waals surface area (Å²) in [6, 6.07) is 0. The van der Waals surface area contributed by atoms with Gasteiger partial charge in [-0.15, -0.1) is 0 Å². The molecule has 114 valence electrons. The molecule has 0 spiro atoms.